The van der Waals surface area contributed by atoms with Gasteiger partial charge in [-0.1, -0.05) is 102 Å². The molecule has 0 heterocycles. The van der Waals surface area contributed by atoms with Crippen molar-refractivity contribution >= 4 is 17.9 Å². The molecular formula is C34H57N3O4. The summed E-state index contributed by atoms with van der Waals surface area (Å²) in [4.78, 5) is 43.0. The molecule has 1 aliphatic carbocycles. The predicted octanol–water partition coefficient (Wildman–Crippen LogP) is 7.61. The van der Waals surface area contributed by atoms with E-state index in [2.05, 4.69) is 17.6 Å². The van der Waals surface area contributed by atoms with Gasteiger partial charge in [-0.15, -0.1) is 0 Å². The summed E-state index contributed by atoms with van der Waals surface area (Å²) in [5, 5.41) is 6.15. The van der Waals surface area contributed by atoms with Gasteiger partial charge in [-0.25, -0.2) is 4.79 Å². The zero-order valence-corrected chi connectivity index (χ0v) is 26.9. The van der Waals surface area contributed by atoms with Gasteiger partial charge in [0.15, 0.2) is 0 Å². The van der Waals surface area contributed by atoms with E-state index >= 15 is 0 Å². The van der Waals surface area contributed by atoms with Gasteiger partial charge >= 0.3 is 6.09 Å². The highest BCUT2D eigenvalue weighted by Crippen LogP contribution is 2.27. The minimum atomic E-state index is -0.791. The number of unbranched alkanes of at least 4 members (excludes halogenated alkanes) is 5. The summed E-state index contributed by atoms with van der Waals surface area (Å²) in [6.07, 6.45) is 11.6. The Labute approximate surface area is 249 Å². The second kappa shape index (κ2) is 17.4. The molecule has 3 amide bonds. The molecule has 0 saturated heterocycles. The Bertz CT molecular complexity index is 932. The molecule has 0 bridgehead atoms. The van der Waals surface area contributed by atoms with E-state index < -0.39 is 23.8 Å². The van der Waals surface area contributed by atoms with Crippen LogP contribution in [-0.4, -0.2) is 47.0 Å². The number of ether oxygens (including phenoxy) is 1. The molecule has 232 valence electrons. The van der Waals surface area contributed by atoms with Crippen LogP contribution in [0.2, 0.25) is 0 Å². The van der Waals surface area contributed by atoms with Crippen LogP contribution in [0.1, 0.15) is 136 Å². The van der Waals surface area contributed by atoms with E-state index in [1.807, 2.05) is 45.0 Å². The first-order valence-corrected chi connectivity index (χ1v) is 16.1. The van der Waals surface area contributed by atoms with Crippen molar-refractivity contribution in [2.75, 3.05) is 6.54 Å². The maximum Gasteiger partial charge on any atom is 0.408 e. The zero-order chi connectivity index (χ0) is 30.4. The molecule has 7 heteroatoms. The van der Waals surface area contributed by atoms with Crippen LogP contribution in [0.4, 0.5) is 4.79 Å². The van der Waals surface area contributed by atoms with Crippen LogP contribution in [0, 0.1) is 12.8 Å². The third kappa shape index (κ3) is 12.9. The van der Waals surface area contributed by atoms with Crippen LogP contribution in [0.3, 0.4) is 0 Å². The van der Waals surface area contributed by atoms with Crippen LogP contribution in [0.5, 0.6) is 0 Å². The summed E-state index contributed by atoms with van der Waals surface area (Å²) < 4.78 is 5.52. The van der Waals surface area contributed by atoms with Crippen LogP contribution in [-0.2, 0) is 14.3 Å². The fourth-order valence-electron chi connectivity index (χ4n) is 5.52. The molecule has 1 saturated carbocycles. The second-order valence-corrected chi connectivity index (χ2v) is 13.3. The quantitative estimate of drug-likeness (QED) is 0.212. The van der Waals surface area contributed by atoms with Gasteiger partial charge in [0.2, 0.25) is 11.8 Å². The summed E-state index contributed by atoms with van der Waals surface area (Å²) in [7, 11) is 0. The maximum absolute atomic E-state index is 14.4. The molecule has 2 unspecified atom stereocenters. The lowest BCUT2D eigenvalue weighted by Crippen LogP contribution is -2.54. The van der Waals surface area contributed by atoms with Gasteiger partial charge in [0.25, 0.3) is 0 Å². The predicted molar refractivity (Wildman–Crippen MR) is 167 cm³/mol. The Balaban J connectivity index is 2.42. The second-order valence-electron chi connectivity index (χ2n) is 13.3. The van der Waals surface area contributed by atoms with Crippen molar-refractivity contribution in [3.8, 4) is 0 Å². The number of alkyl carbamates (subject to hydrolysis) is 1. The highest BCUT2D eigenvalue weighted by molar-refractivity contribution is 5.92. The maximum atomic E-state index is 14.4. The van der Waals surface area contributed by atoms with Gasteiger partial charge in [-0.2, -0.15) is 0 Å². The lowest BCUT2D eigenvalue weighted by atomic mass is 9.94. The summed E-state index contributed by atoms with van der Waals surface area (Å²) in [5.41, 5.74) is 1.21. The number of amides is 3. The van der Waals surface area contributed by atoms with Crippen molar-refractivity contribution in [3.05, 3.63) is 35.4 Å². The van der Waals surface area contributed by atoms with Gasteiger partial charge in [0.05, 0.1) is 0 Å². The normalized spacial score (nSPS) is 15.7. The van der Waals surface area contributed by atoms with Gasteiger partial charge in [0, 0.05) is 12.6 Å². The van der Waals surface area contributed by atoms with E-state index in [0.717, 1.165) is 56.1 Å². The molecule has 1 aromatic rings. The van der Waals surface area contributed by atoms with Crippen LogP contribution in [0.25, 0.3) is 0 Å². The fourth-order valence-corrected chi connectivity index (χ4v) is 5.52. The number of nitrogens with one attached hydrogen (secondary N) is 2. The topological polar surface area (TPSA) is 87.7 Å². The van der Waals surface area contributed by atoms with E-state index in [1.54, 1.807) is 25.7 Å². The molecule has 1 fully saturated rings. The van der Waals surface area contributed by atoms with Crippen LogP contribution in [0.15, 0.2) is 24.3 Å². The van der Waals surface area contributed by atoms with Crippen molar-refractivity contribution in [1.82, 2.24) is 15.5 Å². The van der Waals surface area contributed by atoms with E-state index in [-0.39, 0.29) is 23.8 Å². The molecule has 1 aliphatic rings. The van der Waals surface area contributed by atoms with Crippen molar-refractivity contribution in [1.29, 1.82) is 0 Å². The molecule has 1 aromatic carbocycles. The number of hydrogen-bond donors (Lipinski definition) is 2. The van der Waals surface area contributed by atoms with Gasteiger partial charge in [-0.05, 0) is 64.9 Å². The lowest BCUT2D eigenvalue weighted by molar-refractivity contribution is -0.143. The molecule has 0 aliphatic heterocycles. The van der Waals surface area contributed by atoms with Gasteiger partial charge < -0.3 is 20.3 Å². The van der Waals surface area contributed by atoms with Gasteiger partial charge in [-0.3, -0.25) is 9.59 Å². The average molecular weight is 572 g/mol. The van der Waals surface area contributed by atoms with E-state index in [1.165, 1.54) is 25.7 Å². The first kappa shape index (κ1) is 34.6. The molecule has 0 aromatic heterocycles. The highest BCUT2D eigenvalue weighted by atomic mass is 16.6. The Morgan fingerprint density at radius 3 is 2.15 bits per heavy atom. The molecule has 2 N–H and O–H groups in total. The lowest BCUT2D eigenvalue weighted by Gasteiger charge is -2.36. The summed E-state index contributed by atoms with van der Waals surface area (Å²) in [5.74, 6) is -0.216. The average Bonchev–Trinajstić information content (AvgIpc) is 2.89. The molecule has 2 atom stereocenters. The molecule has 41 heavy (non-hydrogen) atoms. The number of hydrogen-bond acceptors (Lipinski definition) is 4. The monoisotopic (exact) mass is 571 g/mol. The van der Waals surface area contributed by atoms with Gasteiger partial charge in [0.1, 0.15) is 17.7 Å². The van der Waals surface area contributed by atoms with Crippen molar-refractivity contribution in [2.45, 2.75) is 149 Å². The Morgan fingerprint density at radius 2 is 1.56 bits per heavy atom. The smallest absolute Gasteiger partial charge is 0.408 e. The number of aryl methyl sites for hydroxylation is 1. The van der Waals surface area contributed by atoms with E-state index in [0.29, 0.717) is 13.0 Å². The summed E-state index contributed by atoms with van der Waals surface area (Å²) in [6, 6.07) is 6.47. The molecule has 0 spiro atoms. The largest absolute Gasteiger partial charge is 0.444 e. The molecule has 7 nitrogen and oxygen atoms in total. The summed E-state index contributed by atoms with van der Waals surface area (Å²) in [6.45, 7) is 14.1. The number of benzene rings is 1. The Kier molecular flexibility index (Phi) is 14.7. The SMILES string of the molecule is CCCCCCCCN(C(=O)C(CC(C)C)NC(=O)OC(C)(C)C)C(C(=O)NC1CCCCC1)c1ccc(C)cc1. The number of carbonyl (C=O) groups is 3. The Morgan fingerprint density at radius 1 is 0.951 bits per heavy atom. The highest BCUT2D eigenvalue weighted by Gasteiger charge is 2.37. The van der Waals surface area contributed by atoms with Crippen molar-refractivity contribution in [2.24, 2.45) is 5.92 Å². The first-order valence-electron chi connectivity index (χ1n) is 16.1. The standard InChI is InChI=1S/C34H57N3O4/c1-8-9-10-11-12-16-23-37(32(39)29(24-25(2)3)36-33(40)41-34(5,6)7)30(27-21-19-26(4)20-22-27)31(38)35-28-17-14-13-15-18-28/h19-22,25,28-30H,8-18,23-24H2,1-7H3,(H,35,38)(H,36,40). The number of rotatable bonds is 15. The first-order chi connectivity index (χ1) is 19.4. The fraction of sp³-hybridized carbons (Fsp3) is 0.735. The van der Waals surface area contributed by atoms with E-state index in [9.17, 15) is 14.4 Å². The number of carbonyl (C=O) groups excluding carboxylic acids is 3. The third-order valence-electron chi connectivity index (χ3n) is 7.64. The van der Waals surface area contributed by atoms with Crippen LogP contribution >= 0.6 is 0 Å². The zero-order valence-electron chi connectivity index (χ0n) is 26.9. The van der Waals surface area contributed by atoms with Crippen molar-refractivity contribution < 1.29 is 19.1 Å². The van der Waals surface area contributed by atoms with Crippen molar-refractivity contribution in [3.63, 3.8) is 0 Å². The third-order valence-corrected chi connectivity index (χ3v) is 7.64. The minimum Gasteiger partial charge on any atom is -0.444 e. The summed E-state index contributed by atoms with van der Waals surface area (Å²) >= 11 is 0. The van der Waals surface area contributed by atoms with E-state index in [4.69, 9.17) is 4.74 Å². The Hall–Kier alpha value is -2.57. The number of nitrogens with zero attached hydrogens (tertiary/aromatic N) is 1. The van der Waals surface area contributed by atoms with Crippen LogP contribution < -0.4 is 10.6 Å². The molecular weight excluding hydrogens is 514 g/mol. The molecule has 2 rings (SSSR count). The molecule has 0 radical (unpaired) electrons. The minimum absolute atomic E-state index is 0.126.